The number of aliphatic carboxylic acids is 1. The molecule has 7 N–H and O–H groups in total. The van der Waals surface area contributed by atoms with E-state index < -0.39 is 52.2 Å². The number of hydrogen-bond donors (Lipinski definition) is 6. The summed E-state index contributed by atoms with van der Waals surface area (Å²) in [6.45, 7) is 4.87. The molecule has 2 aromatic rings. The number of sulfonamides is 1. The molecule has 0 aromatic heterocycles. The molecule has 2 amide bonds. The average Bonchev–Trinajstić information content (AvgIpc) is 2.93. The Balaban J connectivity index is 1.78. The minimum atomic E-state index is -4.26. The number of carbonyl (C=O) groups excluding carboxylic acids is 2. The van der Waals surface area contributed by atoms with Crippen LogP contribution in [0.2, 0.25) is 0 Å². The highest BCUT2D eigenvalue weighted by atomic mass is 32.2. The molecule has 0 spiro atoms. The van der Waals surface area contributed by atoms with Crippen molar-refractivity contribution in [3.8, 4) is 0 Å². The van der Waals surface area contributed by atoms with Crippen LogP contribution in [0.3, 0.4) is 0 Å². The Bertz CT molecular complexity index is 1350. The smallest absolute Gasteiger partial charge is 0.326 e. The molecule has 3 rings (SSSR count). The van der Waals surface area contributed by atoms with E-state index in [-0.39, 0.29) is 23.3 Å². The number of carboxylic acid groups (broad SMARTS) is 1. The van der Waals surface area contributed by atoms with Crippen molar-refractivity contribution in [2.24, 2.45) is 17.6 Å². The highest BCUT2D eigenvalue weighted by Crippen LogP contribution is 2.20. The van der Waals surface area contributed by atoms with E-state index in [9.17, 15) is 27.9 Å². The molecule has 40 heavy (non-hydrogen) atoms. The van der Waals surface area contributed by atoms with Crippen molar-refractivity contribution in [2.75, 3.05) is 19.6 Å². The van der Waals surface area contributed by atoms with Crippen molar-refractivity contribution >= 4 is 44.5 Å². The van der Waals surface area contributed by atoms with Gasteiger partial charge in [0.05, 0.1) is 11.3 Å². The van der Waals surface area contributed by atoms with Crippen LogP contribution in [0.15, 0.2) is 47.4 Å². The predicted octanol–water partition coefficient (Wildman–Crippen LogP) is 1.21. The van der Waals surface area contributed by atoms with Crippen LogP contribution in [0.4, 0.5) is 0 Å². The number of guanidine groups is 1. The number of nitrogens with zero attached hydrogens (tertiary/aromatic N) is 1. The van der Waals surface area contributed by atoms with Gasteiger partial charge in [-0.05, 0) is 47.6 Å². The second-order valence-corrected chi connectivity index (χ2v) is 12.0. The molecule has 0 aliphatic carbocycles. The van der Waals surface area contributed by atoms with Crippen LogP contribution >= 0.6 is 0 Å². The fourth-order valence-electron chi connectivity index (χ4n) is 4.68. The maximum atomic E-state index is 13.3. The lowest BCUT2D eigenvalue weighted by Crippen LogP contribution is -2.54. The normalized spacial score (nSPS) is 17.9. The standard InChI is InChI=1S/C27H38N6O6S/c1-3-17(2)24(26(36)37)31-25(35)22(14-23(34)30-15-18-7-6-12-33(16-18)27(28)29)32-40(38,39)21-11-10-19-8-4-5-9-20(19)13-21/h4-5,8-11,13,17-18,22,24,32H,3,6-7,12,14-16H2,1-2H3,(H3,28,29)(H,30,34)(H,31,35)(H,36,37)/t17-,18-,22-,24-/m0/s1. The van der Waals surface area contributed by atoms with Crippen molar-refractivity contribution in [2.45, 2.75) is 56.5 Å². The largest absolute Gasteiger partial charge is 0.480 e. The van der Waals surface area contributed by atoms with Crippen LogP contribution < -0.4 is 21.1 Å². The molecule has 2 aromatic carbocycles. The number of carbonyl (C=O) groups is 3. The quantitative estimate of drug-likeness (QED) is 0.161. The van der Waals surface area contributed by atoms with E-state index in [1.807, 2.05) is 12.1 Å². The third kappa shape index (κ3) is 8.15. The number of rotatable bonds is 12. The Morgan fingerprint density at radius 2 is 1.88 bits per heavy atom. The Hall–Kier alpha value is -3.71. The van der Waals surface area contributed by atoms with Crippen molar-refractivity contribution in [3.63, 3.8) is 0 Å². The lowest BCUT2D eigenvalue weighted by Gasteiger charge is -2.33. The van der Waals surface area contributed by atoms with E-state index >= 15 is 0 Å². The van der Waals surface area contributed by atoms with Crippen LogP contribution in [0.25, 0.3) is 10.8 Å². The SMILES string of the molecule is CC[C@H](C)[C@H](NC(=O)[C@H](CC(=O)NC[C@@H]1CCCN(C(=N)N)C1)NS(=O)(=O)c1ccc2ccccc2c1)C(=O)O. The molecule has 4 atom stereocenters. The topological polar surface area (TPSA) is 195 Å². The van der Waals surface area contributed by atoms with Crippen LogP contribution in [0.5, 0.6) is 0 Å². The Labute approximate surface area is 234 Å². The fourth-order valence-corrected chi connectivity index (χ4v) is 5.91. The van der Waals surface area contributed by atoms with Gasteiger partial charge in [-0.15, -0.1) is 0 Å². The summed E-state index contributed by atoms with van der Waals surface area (Å²) in [6.07, 6.45) is 1.55. The van der Waals surface area contributed by atoms with Gasteiger partial charge in [-0.25, -0.2) is 13.2 Å². The number of fused-ring (bicyclic) bond motifs is 1. The van der Waals surface area contributed by atoms with E-state index in [0.29, 0.717) is 24.9 Å². The van der Waals surface area contributed by atoms with E-state index in [1.165, 1.54) is 12.1 Å². The summed E-state index contributed by atoms with van der Waals surface area (Å²) in [6, 6.07) is 8.90. The first kappa shape index (κ1) is 30.8. The van der Waals surface area contributed by atoms with Crippen molar-refractivity contribution in [3.05, 3.63) is 42.5 Å². The molecule has 12 nitrogen and oxygen atoms in total. The van der Waals surface area contributed by atoms with Gasteiger partial charge in [0, 0.05) is 19.6 Å². The summed E-state index contributed by atoms with van der Waals surface area (Å²) >= 11 is 0. The van der Waals surface area contributed by atoms with Gasteiger partial charge >= 0.3 is 5.97 Å². The summed E-state index contributed by atoms with van der Waals surface area (Å²) in [7, 11) is -4.26. The Morgan fingerprint density at radius 3 is 2.52 bits per heavy atom. The van der Waals surface area contributed by atoms with Crippen molar-refractivity contribution in [1.29, 1.82) is 5.41 Å². The number of amides is 2. The predicted molar refractivity (Wildman–Crippen MR) is 151 cm³/mol. The Morgan fingerprint density at radius 1 is 1.18 bits per heavy atom. The number of carboxylic acids is 1. The molecule has 1 saturated heterocycles. The third-order valence-corrected chi connectivity index (χ3v) is 8.73. The zero-order chi connectivity index (χ0) is 29.4. The number of hydrogen-bond acceptors (Lipinski definition) is 6. The van der Waals surface area contributed by atoms with E-state index in [1.54, 1.807) is 36.9 Å². The van der Waals surface area contributed by atoms with Gasteiger partial charge in [0.15, 0.2) is 5.96 Å². The highest BCUT2D eigenvalue weighted by Gasteiger charge is 2.33. The van der Waals surface area contributed by atoms with Gasteiger partial charge in [0.2, 0.25) is 21.8 Å². The summed E-state index contributed by atoms with van der Waals surface area (Å²) in [5.41, 5.74) is 5.58. The van der Waals surface area contributed by atoms with E-state index in [0.717, 1.165) is 18.2 Å². The van der Waals surface area contributed by atoms with Crippen LogP contribution in [-0.4, -0.2) is 73.9 Å². The second-order valence-electron chi connectivity index (χ2n) is 10.2. The van der Waals surface area contributed by atoms with Gasteiger partial charge in [-0.3, -0.25) is 15.0 Å². The summed E-state index contributed by atoms with van der Waals surface area (Å²) in [4.78, 5) is 39.6. The van der Waals surface area contributed by atoms with Gasteiger partial charge in [-0.2, -0.15) is 4.72 Å². The number of nitrogens with one attached hydrogen (secondary N) is 4. The molecule has 1 fully saturated rings. The van der Waals surface area contributed by atoms with Gasteiger partial charge < -0.3 is 26.4 Å². The monoisotopic (exact) mass is 574 g/mol. The molecule has 0 radical (unpaired) electrons. The minimum absolute atomic E-state index is 0.0324. The maximum absolute atomic E-state index is 13.3. The van der Waals surface area contributed by atoms with Crippen molar-refractivity contribution < 1.29 is 27.9 Å². The first-order chi connectivity index (χ1) is 18.9. The van der Waals surface area contributed by atoms with Gasteiger partial charge in [0.25, 0.3) is 0 Å². The zero-order valence-corrected chi connectivity index (χ0v) is 23.5. The summed E-state index contributed by atoms with van der Waals surface area (Å²) in [5, 5.41) is 23.9. The minimum Gasteiger partial charge on any atom is -0.480 e. The molecular weight excluding hydrogens is 536 g/mol. The molecular formula is C27H38N6O6S. The molecule has 0 bridgehead atoms. The molecule has 13 heteroatoms. The summed E-state index contributed by atoms with van der Waals surface area (Å²) in [5.74, 6) is -3.17. The molecule has 1 aliphatic rings. The average molecular weight is 575 g/mol. The highest BCUT2D eigenvalue weighted by molar-refractivity contribution is 7.89. The number of likely N-dealkylation sites (tertiary alicyclic amines) is 1. The molecule has 1 heterocycles. The zero-order valence-electron chi connectivity index (χ0n) is 22.7. The lowest BCUT2D eigenvalue weighted by atomic mass is 9.98. The number of piperidine rings is 1. The Kier molecular flexibility index (Phi) is 10.5. The second kappa shape index (κ2) is 13.6. The number of benzene rings is 2. The first-order valence-electron chi connectivity index (χ1n) is 13.3. The molecule has 1 aliphatic heterocycles. The first-order valence-corrected chi connectivity index (χ1v) is 14.8. The molecule has 0 unspecified atom stereocenters. The molecule has 218 valence electrons. The maximum Gasteiger partial charge on any atom is 0.326 e. The van der Waals surface area contributed by atoms with Crippen LogP contribution in [-0.2, 0) is 24.4 Å². The fraction of sp³-hybridized carbons (Fsp3) is 0.481. The summed E-state index contributed by atoms with van der Waals surface area (Å²) < 4.78 is 28.9. The lowest BCUT2D eigenvalue weighted by molar-refractivity contribution is -0.143. The van der Waals surface area contributed by atoms with E-state index in [2.05, 4.69) is 15.4 Å². The number of nitrogens with two attached hydrogens (primary N) is 1. The van der Waals surface area contributed by atoms with E-state index in [4.69, 9.17) is 11.1 Å². The van der Waals surface area contributed by atoms with Gasteiger partial charge in [0.1, 0.15) is 12.1 Å². The molecule has 0 saturated carbocycles. The van der Waals surface area contributed by atoms with Crippen molar-refractivity contribution in [1.82, 2.24) is 20.3 Å². The van der Waals surface area contributed by atoms with Crippen LogP contribution in [0.1, 0.15) is 39.5 Å². The van der Waals surface area contributed by atoms with Gasteiger partial charge in [-0.1, -0.05) is 50.6 Å². The van der Waals surface area contributed by atoms with Crippen LogP contribution in [0, 0.1) is 17.2 Å². The third-order valence-electron chi connectivity index (χ3n) is 7.26.